The molecule has 0 bridgehead atoms. The van der Waals surface area contributed by atoms with Crippen molar-refractivity contribution < 1.29 is 19.1 Å². The number of likely N-dealkylation sites (N-methyl/N-ethyl adjacent to an activating group) is 1. The van der Waals surface area contributed by atoms with Gasteiger partial charge in [0.15, 0.2) is 0 Å². The number of aliphatic hydroxyl groups excluding tert-OH is 1. The number of hydrogen-bond donors (Lipinski definition) is 2. The van der Waals surface area contributed by atoms with Crippen LogP contribution in [0.4, 0.5) is 4.39 Å². The largest absolute Gasteiger partial charge is 0.395 e. The standard InChI is InChI=1S/C14H15FN2O3/c1-17(9-13(16)19)14(20)11-8-10(4-2-3-7-18)5-6-12(11)15/h5-6,8,18H,3,7,9H2,1H3,(H2,16,19). The second kappa shape index (κ2) is 7.26. The second-order valence-electron chi connectivity index (χ2n) is 4.10. The number of aliphatic hydroxyl groups is 1. The lowest BCUT2D eigenvalue weighted by molar-refractivity contribution is -0.118. The summed E-state index contributed by atoms with van der Waals surface area (Å²) in [6.07, 6.45) is 0.294. The third kappa shape index (κ3) is 4.37. The molecule has 0 fully saturated rings. The molecule has 106 valence electrons. The van der Waals surface area contributed by atoms with Crippen LogP contribution in [0.25, 0.3) is 0 Å². The van der Waals surface area contributed by atoms with Gasteiger partial charge in [0.2, 0.25) is 5.91 Å². The maximum Gasteiger partial charge on any atom is 0.257 e. The van der Waals surface area contributed by atoms with Crippen LogP contribution in [-0.4, -0.2) is 42.0 Å². The molecule has 0 aliphatic heterocycles. The Morgan fingerprint density at radius 3 is 2.75 bits per heavy atom. The van der Waals surface area contributed by atoms with E-state index in [1.54, 1.807) is 0 Å². The lowest BCUT2D eigenvalue weighted by atomic mass is 10.1. The van der Waals surface area contributed by atoms with E-state index < -0.39 is 17.6 Å². The Balaban J connectivity index is 2.99. The van der Waals surface area contributed by atoms with E-state index in [9.17, 15) is 14.0 Å². The number of carbonyl (C=O) groups excluding carboxylic acids is 2. The van der Waals surface area contributed by atoms with Crippen LogP contribution in [-0.2, 0) is 4.79 Å². The van der Waals surface area contributed by atoms with Crippen LogP contribution < -0.4 is 5.73 Å². The minimum Gasteiger partial charge on any atom is -0.395 e. The topological polar surface area (TPSA) is 83.6 Å². The molecule has 0 radical (unpaired) electrons. The van der Waals surface area contributed by atoms with Gasteiger partial charge in [-0.05, 0) is 18.2 Å². The van der Waals surface area contributed by atoms with Crippen molar-refractivity contribution >= 4 is 11.8 Å². The van der Waals surface area contributed by atoms with Crippen LogP contribution in [0.15, 0.2) is 18.2 Å². The molecule has 0 saturated heterocycles. The number of nitrogens with two attached hydrogens (primary N) is 1. The second-order valence-corrected chi connectivity index (χ2v) is 4.10. The number of halogens is 1. The van der Waals surface area contributed by atoms with Gasteiger partial charge in [0.1, 0.15) is 5.82 Å². The van der Waals surface area contributed by atoms with Crippen LogP contribution in [0, 0.1) is 17.7 Å². The number of nitrogens with zero attached hydrogens (tertiary/aromatic N) is 1. The zero-order chi connectivity index (χ0) is 15.1. The molecule has 2 amide bonds. The summed E-state index contributed by atoms with van der Waals surface area (Å²) in [5.41, 5.74) is 5.26. The summed E-state index contributed by atoms with van der Waals surface area (Å²) in [5, 5.41) is 8.62. The molecule has 0 atom stereocenters. The first-order chi connectivity index (χ1) is 9.45. The predicted octanol–water partition coefficient (Wildman–Crippen LogP) is 0.117. The fourth-order valence-electron chi connectivity index (χ4n) is 1.50. The van der Waals surface area contributed by atoms with E-state index in [0.29, 0.717) is 12.0 Å². The van der Waals surface area contributed by atoms with Crippen molar-refractivity contribution in [1.82, 2.24) is 4.90 Å². The number of hydrogen-bond acceptors (Lipinski definition) is 3. The number of benzene rings is 1. The van der Waals surface area contributed by atoms with Crippen molar-refractivity contribution in [2.75, 3.05) is 20.2 Å². The van der Waals surface area contributed by atoms with E-state index in [-0.39, 0.29) is 18.7 Å². The average Bonchev–Trinajstić information content (AvgIpc) is 2.39. The molecule has 0 heterocycles. The first kappa shape index (κ1) is 15.7. The van der Waals surface area contributed by atoms with Crippen LogP contribution >= 0.6 is 0 Å². The number of amides is 2. The molecule has 3 N–H and O–H groups in total. The molecule has 5 nitrogen and oxygen atoms in total. The van der Waals surface area contributed by atoms with E-state index >= 15 is 0 Å². The molecule has 0 aromatic heterocycles. The van der Waals surface area contributed by atoms with E-state index in [2.05, 4.69) is 11.8 Å². The van der Waals surface area contributed by atoms with E-state index in [4.69, 9.17) is 10.8 Å². The summed E-state index contributed by atoms with van der Waals surface area (Å²) in [7, 11) is 1.36. The summed E-state index contributed by atoms with van der Waals surface area (Å²) in [5.74, 6) is 3.36. The van der Waals surface area contributed by atoms with Crippen LogP contribution in [0.5, 0.6) is 0 Å². The number of carbonyl (C=O) groups is 2. The van der Waals surface area contributed by atoms with Gasteiger partial charge in [0.25, 0.3) is 5.91 Å². The fourth-order valence-corrected chi connectivity index (χ4v) is 1.50. The van der Waals surface area contributed by atoms with Crippen molar-refractivity contribution in [3.05, 3.63) is 35.1 Å². The van der Waals surface area contributed by atoms with E-state index in [0.717, 1.165) is 11.0 Å². The monoisotopic (exact) mass is 278 g/mol. The SMILES string of the molecule is CN(CC(N)=O)C(=O)c1cc(C#CCCO)ccc1F. The summed E-state index contributed by atoms with van der Waals surface area (Å²) in [6.45, 7) is -0.361. The van der Waals surface area contributed by atoms with Gasteiger partial charge < -0.3 is 15.7 Å². The highest BCUT2D eigenvalue weighted by atomic mass is 19.1. The molecular weight excluding hydrogens is 263 g/mol. The highest BCUT2D eigenvalue weighted by molar-refractivity contribution is 5.96. The predicted molar refractivity (Wildman–Crippen MR) is 71.1 cm³/mol. The Morgan fingerprint density at radius 1 is 1.45 bits per heavy atom. The molecule has 0 spiro atoms. The smallest absolute Gasteiger partial charge is 0.257 e. The molecule has 20 heavy (non-hydrogen) atoms. The lowest BCUT2D eigenvalue weighted by Gasteiger charge is -2.15. The van der Waals surface area contributed by atoms with Gasteiger partial charge >= 0.3 is 0 Å². The van der Waals surface area contributed by atoms with Gasteiger partial charge in [-0.3, -0.25) is 9.59 Å². The summed E-state index contributed by atoms with van der Waals surface area (Å²) in [6, 6.07) is 3.87. The van der Waals surface area contributed by atoms with Crippen molar-refractivity contribution in [3.63, 3.8) is 0 Å². The maximum atomic E-state index is 13.7. The summed E-state index contributed by atoms with van der Waals surface area (Å²) in [4.78, 5) is 23.8. The molecule has 1 aromatic carbocycles. The molecule has 1 rings (SSSR count). The van der Waals surface area contributed by atoms with E-state index in [1.165, 1.54) is 19.2 Å². The highest BCUT2D eigenvalue weighted by Crippen LogP contribution is 2.12. The van der Waals surface area contributed by atoms with Gasteiger partial charge in [0.05, 0.1) is 18.7 Å². The molecular formula is C14H15FN2O3. The minimum atomic E-state index is -0.695. The minimum absolute atomic E-state index is 0.0681. The molecule has 6 heteroatoms. The first-order valence-electron chi connectivity index (χ1n) is 5.88. The van der Waals surface area contributed by atoms with Gasteiger partial charge in [-0.1, -0.05) is 11.8 Å². The average molecular weight is 278 g/mol. The molecule has 0 aliphatic carbocycles. The Kier molecular flexibility index (Phi) is 5.69. The molecule has 0 unspecified atom stereocenters. The zero-order valence-electron chi connectivity index (χ0n) is 11.0. The fraction of sp³-hybridized carbons (Fsp3) is 0.286. The zero-order valence-corrected chi connectivity index (χ0v) is 11.0. The third-order valence-corrected chi connectivity index (χ3v) is 2.41. The Bertz CT molecular complexity index is 576. The highest BCUT2D eigenvalue weighted by Gasteiger charge is 2.17. The van der Waals surface area contributed by atoms with Crippen LogP contribution in [0.1, 0.15) is 22.3 Å². The Hall–Kier alpha value is -2.39. The number of primary amides is 1. The summed E-state index contributed by atoms with van der Waals surface area (Å²) >= 11 is 0. The maximum absolute atomic E-state index is 13.7. The first-order valence-corrected chi connectivity index (χ1v) is 5.88. The molecule has 1 aromatic rings. The Labute approximate surface area is 116 Å². The van der Waals surface area contributed by atoms with Crippen molar-refractivity contribution in [3.8, 4) is 11.8 Å². The van der Waals surface area contributed by atoms with Crippen molar-refractivity contribution in [2.24, 2.45) is 5.73 Å². The van der Waals surface area contributed by atoms with Gasteiger partial charge in [-0.15, -0.1) is 0 Å². The summed E-state index contributed by atoms with van der Waals surface area (Å²) < 4.78 is 13.7. The molecule has 0 aliphatic rings. The normalized spacial score (nSPS) is 9.55. The van der Waals surface area contributed by atoms with Crippen LogP contribution in [0.2, 0.25) is 0 Å². The quantitative estimate of drug-likeness (QED) is 0.767. The Morgan fingerprint density at radius 2 is 2.15 bits per heavy atom. The van der Waals surface area contributed by atoms with Crippen LogP contribution in [0.3, 0.4) is 0 Å². The molecule has 0 saturated carbocycles. The van der Waals surface area contributed by atoms with E-state index in [1.807, 2.05) is 0 Å². The van der Waals surface area contributed by atoms with Crippen molar-refractivity contribution in [1.29, 1.82) is 0 Å². The lowest BCUT2D eigenvalue weighted by Crippen LogP contribution is -2.35. The number of rotatable bonds is 4. The third-order valence-electron chi connectivity index (χ3n) is 2.41. The van der Waals surface area contributed by atoms with Gasteiger partial charge in [-0.2, -0.15) is 0 Å². The van der Waals surface area contributed by atoms with Crippen molar-refractivity contribution in [2.45, 2.75) is 6.42 Å². The van der Waals surface area contributed by atoms with Gasteiger partial charge in [-0.25, -0.2) is 4.39 Å². The van der Waals surface area contributed by atoms with Gasteiger partial charge in [0, 0.05) is 19.0 Å².